The number of ether oxygens (including phenoxy) is 1. The molecule has 7 nitrogen and oxygen atoms in total. The first kappa shape index (κ1) is 23.8. The highest BCUT2D eigenvalue weighted by molar-refractivity contribution is 7.89. The molecule has 3 rings (SSSR count). The lowest BCUT2D eigenvalue weighted by Crippen LogP contribution is -2.30. The van der Waals surface area contributed by atoms with Crippen molar-refractivity contribution in [2.24, 2.45) is 0 Å². The van der Waals surface area contributed by atoms with Crippen LogP contribution in [0.2, 0.25) is 0 Å². The van der Waals surface area contributed by atoms with E-state index in [9.17, 15) is 17.6 Å². The van der Waals surface area contributed by atoms with E-state index in [-0.39, 0.29) is 28.1 Å². The maximum Gasteiger partial charge on any atom is 0.257 e. The number of amides is 1. The Kier molecular flexibility index (Phi) is 7.27. The fourth-order valence-electron chi connectivity index (χ4n) is 3.03. The van der Waals surface area contributed by atoms with E-state index >= 15 is 0 Å². The molecule has 2 N–H and O–H groups in total. The van der Waals surface area contributed by atoms with Gasteiger partial charge in [0.25, 0.3) is 5.91 Å². The molecule has 0 aliphatic heterocycles. The molecule has 3 aromatic rings. The molecule has 1 heterocycles. The van der Waals surface area contributed by atoms with Gasteiger partial charge >= 0.3 is 0 Å². The maximum atomic E-state index is 14.0. The van der Waals surface area contributed by atoms with Crippen LogP contribution in [0.15, 0.2) is 47.4 Å². The van der Waals surface area contributed by atoms with Crippen molar-refractivity contribution in [3.8, 4) is 5.75 Å². The Balaban J connectivity index is 1.83. The number of carbonyl (C=O) groups excluding carboxylic acids is 1. The summed E-state index contributed by atoms with van der Waals surface area (Å²) in [5, 5.41) is 3.04. The second kappa shape index (κ2) is 9.76. The Morgan fingerprint density at radius 1 is 1.22 bits per heavy atom. The largest absolute Gasteiger partial charge is 0.495 e. The first-order valence-corrected chi connectivity index (χ1v) is 12.1. The lowest BCUT2D eigenvalue weighted by Gasteiger charge is -2.14. The minimum atomic E-state index is -3.88. The fraction of sp³-hybridized carbons (Fsp3) is 0.273. The summed E-state index contributed by atoms with van der Waals surface area (Å²) in [6.45, 7) is 5.19. The van der Waals surface area contributed by atoms with E-state index in [1.165, 1.54) is 42.7 Å². The number of halogens is 1. The fourth-order valence-corrected chi connectivity index (χ4v) is 5.46. The van der Waals surface area contributed by atoms with Gasteiger partial charge in [-0.3, -0.25) is 10.1 Å². The summed E-state index contributed by atoms with van der Waals surface area (Å²) in [5.41, 5.74) is 1.37. The number of anilines is 1. The Labute approximate surface area is 190 Å². The third-order valence-electron chi connectivity index (χ3n) is 4.53. The van der Waals surface area contributed by atoms with Crippen LogP contribution >= 0.6 is 11.3 Å². The second-order valence-electron chi connectivity index (χ2n) is 7.39. The Bertz CT molecular complexity index is 1240. The van der Waals surface area contributed by atoms with Crippen molar-refractivity contribution in [2.75, 3.05) is 12.4 Å². The molecule has 0 radical (unpaired) electrons. The van der Waals surface area contributed by atoms with Gasteiger partial charge in [0.05, 0.1) is 12.8 Å². The average molecular weight is 478 g/mol. The molecule has 0 saturated heterocycles. The Morgan fingerprint density at radius 3 is 2.59 bits per heavy atom. The van der Waals surface area contributed by atoms with Crippen molar-refractivity contribution >= 4 is 32.4 Å². The highest BCUT2D eigenvalue weighted by Gasteiger charge is 2.23. The lowest BCUT2D eigenvalue weighted by molar-refractivity contribution is 0.102. The van der Waals surface area contributed by atoms with E-state index in [0.717, 1.165) is 4.88 Å². The number of nitrogens with zero attached hydrogens (tertiary/aromatic N) is 1. The van der Waals surface area contributed by atoms with Gasteiger partial charge in [-0.05, 0) is 50.6 Å². The number of rotatable bonds is 8. The van der Waals surface area contributed by atoms with Crippen molar-refractivity contribution in [1.82, 2.24) is 9.71 Å². The molecular formula is C22H24FN3O4S2. The summed E-state index contributed by atoms with van der Waals surface area (Å²) in [5.74, 6) is -0.681. The van der Waals surface area contributed by atoms with Crippen LogP contribution in [0.3, 0.4) is 0 Å². The molecule has 0 atom stereocenters. The number of thiazole rings is 1. The number of aryl methyl sites for hydroxylation is 1. The van der Waals surface area contributed by atoms with Gasteiger partial charge < -0.3 is 4.74 Å². The van der Waals surface area contributed by atoms with Gasteiger partial charge in [-0.15, -0.1) is 11.3 Å². The normalized spacial score (nSPS) is 11.6. The highest BCUT2D eigenvalue weighted by Crippen LogP contribution is 2.28. The van der Waals surface area contributed by atoms with Crippen molar-refractivity contribution < 1.29 is 22.3 Å². The van der Waals surface area contributed by atoms with E-state index in [4.69, 9.17) is 4.74 Å². The molecule has 0 spiro atoms. The van der Waals surface area contributed by atoms with Gasteiger partial charge in [-0.25, -0.2) is 22.5 Å². The van der Waals surface area contributed by atoms with Crippen LogP contribution in [-0.4, -0.2) is 32.5 Å². The lowest BCUT2D eigenvalue weighted by atomic mass is 10.1. The monoisotopic (exact) mass is 477 g/mol. The second-order valence-corrected chi connectivity index (χ2v) is 10.2. The van der Waals surface area contributed by atoms with Gasteiger partial charge in [0.15, 0.2) is 5.13 Å². The average Bonchev–Trinajstić information content (AvgIpc) is 3.06. The number of sulfonamides is 1. The molecule has 0 fully saturated rings. The summed E-state index contributed by atoms with van der Waals surface area (Å²) >= 11 is 1.25. The van der Waals surface area contributed by atoms with E-state index in [0.29, 0.717) is 22.8 Å². The third kappa shape index (κ3) is 5.50. The van der Waals surface area contributed by atoms with Crippen LogP contribution in [0, 0.1) is 12.7 Å². The van der Waals surface area contributed by atoms with Gasteiger partial charge in [-0.1, -0.05) is 18.2 Å². The van der Waals surface area contributed by atoms with Gasteiger partial charge in [-0.2, -0.15) is 0 Å². The number of benzene rings is 2. The van der Waals surface area contributed by atoms with Crippen LogP contribution in [0.1, 0.15) is 40.3 Å². The van der Waals surface area contributed by atoms with Crippen LogP contribution < -0.4 is 14.8 Å². The van der Waals surface area contributed by atoms with Gasteiger partial charge in [0, 0.05) is 22.9 Å². The summed E-state index contributed by atoms with van der Waals surface area (Å²) in [7, 11) is -2.52. The van der Waals surface area contributed by atoms with Crippen molar-refractivity contribution in [1.29, 1.82) is 0 Å². The van der Waals surface area contributed by atoms with Crippen molar-refractivity contribution in [3.05, 3.63) is 70.0 Å². The smallest absolute Gasteiger partial charge is 0.257 e. The number of hydrogen-bond donors (Lipinski definition) is 2. The van der Waals surface area contributed by atoms with Crippen molar-refractivity contribution in [2.45, 2.75) is 38.1 Å². The number of methoxy groups -OCH3 is 1. The zero-order chi connectivity index (χ0) is 23.5. The summed E-state index contributed by atoms with van der Waals surface area (Å²) in [6, 6.07) is 10.3. The molecule has 10 heteroatoms. The van der Waals surface area contributed by atoms with Crippen LogP contribution in [0.4, 0.5) is 9.52 Å². The van der Waals surface area contributed by atoms with Crippen LogP contribution in [0.25, 0.3) is 0 Å². The quantitative estimate of drug-likeness (QED) is 0.509. The van der Waals surface area contributed by atoms with Crippen LogP contribution in [-0.2, 0) is 16.4 Å². The zero-order valence-electron chi connectivity index (χ0n) is 18.1. The van der Waals surface area contributed by atoms with E-state index in [2.05, 4.69) is 15.0 Å². The standard InChI is InChI=1S/C22H24FN3O4S2/c1-13(2)26-32(28,29)20-12-16(9-10-18(20)30-4)21(27)25-22-24-14(3)19(31-22)11-15-7-5-6-8-17(15)23/h5-10,12-13,26H,11H2,1-4H3,(H,24,25,27). The van der Waals surface area contributed by atoms with E-state index < -0.39 is 15.9 Å². The molecule has 0 saturated carbocycles. The molecule has 0 unspecified atom stereocenters. The maximum absolute atomic E-state index is 14.0. The number of nitrogens with one attached hydrogen (secondary N) is 2. The van der Waals surface area contributed by atoms with E-state index in [1.54, 1.807) is 39.0 Å². The number of aromatic nitrogens is 1. The molecule has 0 bridgehead atoms. The Morgan fingerprint density at radius 2 is 1.94 bits per heavy atom. The summed E-state index contributed by atoms with van der Waals surface area (Å²) in [6.07, 6.45) is 0.359. The zero-order valence-corrected chi connectivity index (χ0v) is 19.7. The molecule has 1 amide bonds. The molecule has 32 heavy (non-hydrogen) atoms. The summed E-state index contributed by atoms with van der Waals surface area (Å²) < 4.78 is 46.9. The first-order valence-electron chi connectivity index (χ1n) is 9.82. The summed E-state index contributed by atoms with van der Waals surface area (Å²) in [4.78, 5) is 17.8. The number of carbonyl (C=O) groups is 1. The molecule has 0 aliphatic carbocycles. The van der Waals surface area contributed by atoms with Gasteiger partial charge in [0.1, 0.15) is 16.5 Å². The molecular weight excluding hydrogens is 453 g/mol. The van der Waals surface area contributed by atoms with E-state index in [1.807, 2.05) is 0 Å². The first-order chi connectivity index (χ1) is 15.1. The highest BCUT2D eigenvalue weighted by atomic mass is 32.2. The third-order valence-corrected chi connectivity index (χ3v) is 7.28. The predicted octanol–water partition coefficient (Wildman–Crippen LogP) is 4.13. The molecule has 1 aromatic heterocycles. The SMILES string of the molecule is COc1ccc(C(=O)Nc2nc(C)c(Cc3ccccc3F)s2)cc1S(=O)(=O)NC(C)C. The minimum absolute atomic E-state index is 0.128. The molecule has 170 valence electrons. The predicted molar refractivity (Wildman–Crippen MR) is 122 cm³/mol. The Hall–Kier alpha value is -2.82. The van der Waals surface area contributed by atoms with Gasteiger partial charge in [0.2, 0.25) is 10.0 Å². The van der Waals surface area contributed by atoms with Crippen molar-refractivity contribution in [3.63, 3.8) is 0 Å². The topological polar surface area (TPSA) is 97.4 Å². The molecule has 0 aliphatic rings. The van der Waals surface area contributed by atoms with Crippen LogP contribution in [0.5, 0.6) is 5.75 Å². The number of hydrogen-bond acceptors (Lipinski definition) is 6. The molecule has 2 aromatic carbocycles. The minimum Gasteiger partial charge on any atom is -0.495 e.